The van der Waals surface area contributed by atoms with Gasteiger partial charge in [0.05, 0.1) is 5.71 Å². The molecular weight excluding hydrogens is 304 g/mol. The van der Waals surface area contributed by atoms with Crippen LogP contribution in [0.1, 0.15) is 40.0 Å². The Morgan fingerprint density at radius 1 is 1.22 bits per heavy atom. The smallest absolute Gasteiger partial charge is 0.249 e. The quantitative estimate of drug-likeness (QED) is 0.786. The van der Waals surface area contributed by atoms with Gasteiger partial charge in [-0.15, -0.1) is 11.3 Å². The molecule has 0 saturated carbocycles. The molecule has 4 rings (SSSR count). The maximum absolute atomic E-state index is 12.4. The van der Waals surface area contributed by atoms with Crippen molar-refractivity contribution in [2.75, 3.05) is 18.5 Å². The van der Waals surface area contributed by atoms with Gasteiger partial charge in [-0.3, -0.25) is 9.79 Å². The first-order valence-electron chi connectivity index (χ1n) is 8.18. The lowest BCUT2D eigenvalue weighted by Gasteiger charge is -2.16. The highest BCUT2D eigenvalue weighted by Gasteiger charge is 2.30. The molecule has 2 heterocycles. The van der Waals surface area contributed by atoms with Crippen molar-refractivity contribution in [2.24, 2.45) is 4.99 Å². The third-order valence-corrected chi connectivity index (χ3v) is 6.10. The van der Waals surface area contributed by atoms with E-state index in [4.69, 9.17) is 4.99 Å². The highest BCUT2D eigenvalue weighted by Crippen LogP contribution is 2.42. The van der Waals surface area contributed by atoms with Crippen LogP contribution in [0.4, 0.5) is 5.00 Å². The standard InChI is InChI=1S/C19H20N2OS/c1-12-6-5-7-13(10-12)18-17-14-8-3-4-9-15(14)23-19(17)21(2)16(22)11-20-18/h5-7,10H,3-4,8-9,11H2,1-2H3. The van der Waals surface area contributed by atoms with Crippen LogP contribution in [0, 0.1) is 6.92 Å². The second kappa shape index (κ2) is 5.60. The van der Waals surface area contributed by atoms with Crippen LogP contribution >= 0.6 is 11.3 Å². The summed E-state index contributed by atoms with van der Waals surface area (Å²) in [6.45, 7) is 2.33. The van der Waals surface area contributed by atoms with Crippen molar-refractivity contribution < 1.29 is 4.79 Å². The van der Waals surface area contributed by atoms with Crippen LogP contribution in [0.15, 0.2) is 29.3 Å². The minimum Gasteiger partial charge on any atom is -0.305 e. The summed E-state index contributed by atoms with van der Waals surface area (Å²) in [6.07, 6.45) is 4.72. The highest BCUT2D eigenvalue weighted by atomic mass is 32.1. The molecule has 0 fully saturated rings. The van der Waals surface area contributed by atoms with Crippen molar-refractivity contribution in [3.63, 3.8) is 0 Å². The molecule has 118 valence electrons. The molecule has 1 aromatic carbocycles. The van der Waals surface area contributed by atoms with Crippen LogP contribution in [-0.2, 0) is 17.6 Å². The maximum atomic E-state index is 12.4. The fourth-order valence-electron chi connectivity index (χ4n) is 3.50. The Balaban J connectivity index is 1.96. The molecule has 1 aliphatic carbocycles. The second-order valence-electron chi connectivity index (χ2n) is 6.38. The number of carbonyl (C=O) groups excluding carboxylic acids is 1. The van der Waals surface area contributed by atoms with Crippen molar-refractivity contribution >= 4 is 28.0 Å². The number of benzene rings is 1. The SMILES string of the molecule is Cc1cccc(C2=NCC(=O)N(C)c3sc4c(c32)CCCC4)c1. The van der Waals surface area contributed by atoms with Crippen LogP contribution in [0.3, 0.4) is 0 Å². The fourth-order valence-corrected chi connectivity index (χ4v) is 4.87. The van der Waals surface area contributed by atoms with Gasteiger partial charge in [0.1, 0.15) is 11.5 Å². The minimum absolute atomic E-state index is 0.0764. The van der Waals surface area contributed by atoms with E-state index in [2.05, 4.69) is 31.2 Å². The van der Waals surface area contributed by atoms with Gasteiger partial charge in [0.15, 0.2) is 0 Å². The molecule has 1 amide bonds. The number of thiophene rings is 1. The highest BCUT2D eigenvalue weighted by molar-refractivity contribution is 7.17. The van der Waals surface area contributed by atoms with Crippen molar-refractivity contribution in [3.8, 4) is 0 Å². The number of hydrogen-bond donors (Lipinski definition) is 0. The van der Waals surface area contributed by atoms with Gasteiger partial charge in [-0.2, -0.15) is 0 Å². The summed E-state index contributed by atoms with van der Waals surface area (Å²) >= 11 is 1.79. The normalized spacial score (nSPS) is 17.4. The Morgan fingerprint density at radius 3 is 2.87 bits per heavy atom. The first-order chi connectivity index (χ1) is 11.1. The summed E-state index contributed by atoms with van der Waals surface area (Å²) in [7, 11) is 1.89. The number of nitrogens with zero attached hydrogens (tertiary/aromatic N) is 2. The Morgan fingerprint density at radius 2 is 2.04 bits per heavy atom. The molecular formula is C19H20N2OS. The van der Waals surface area contributed by atoms with Gasteiger partial charge < -0.3 is 4.90 Å². The molecule has 2 aromatic rings. The van der Waals surface area contributed by atoms with Crippen LogP contribution in [0.5, 0.6) is 0 Å². The van der Waals surface area contributed by atoms with E-state index >= 15 is 0 Å². The molecule has 0 unspecified atom stereocenters. The van der Waals surface area contributed by atoms with Crippen molar-refractivity contribution in [2.45, 2.75) is 32.6 Å². The number of amides is 1. The van der Waals surface area contributed by atoms with Crippen LogP contribution in [-0.4, -0.2) is 25.2 Å². The monoisotopic (exact) mass is 324 g/mol. The number of anilines is 1. The molecule has 3 nitrogen and oxygen atoms in total. The largest absolute Gasteiger partial charge is 0.305 e. The van der Waals surface area contributed by atoms with E-state index < -0.39 is 0 Å². The first-order valence-corrected chi connectivity index (χ1v) is 9.00. The van der Waals surface area contributed by atoms with Crippen molar-refractivity contribution in [1.82, 2.24) is 0 Å². The van der Waals surface area contributed by atoms with Gasteiger partial charge in [-0.1, -0.05) is 23.8 Å². The second-order valence-corrected chi connectivity index (χ2v) is 7.46. The topological polar surface area (TPSA) is 32.7 Å². The molecule has 1 aromatic heterocycles. The number of aliphatic imine (C=N–C) groups is 1. The summed E-state index contributed by atoms with van der Waals surface area (Å²) in [5, 5.41) is 1.08. The van der Waals surface area contributed by atoms with Crippen LogP contribution in [0.2, 0.25) is 0 Å². The number of rotatable bonds is 1. The van der Waals surface area contributed by atoms with E-state index in [1.165, 1.54) is 34.4 Å². The van der Waals surface area contributed by atoms with Crippen molar-refractivity contribution in [1.29, 1.82) is 0 Å². The van der Waals surface area contributed by atoms with E-state index in [1.54, 1.807) is 11.3 Å². The predicted octanol–water partition coefficient (Wildman–Crippen LogP) is 3.75. The summed E-state index contributed by atoms with van der Waals surface area (Å²) < 4.78 is 0. The predicted molar refractivity (Wildman–Crippen MR) is 96.1 cm³/mol. The molecule has 23 heavy (non-hydrogen) atoms. The number of hydrogen-bond acceptors (Lipinski definition) is 3. The van der Waals surface area contributed by atoms with Gasteiger partial charge in [0.2, 0.25) is 5.91 Å². The molecule has 0 spiro atoms. The third kappa shape index (κ3) is 2.41. The first kappa shape index (κ1) is 14.6. The molecule has 1 aliphatic heterocycles. The molecule has 0 bridgehead atoms. The van der Waals surface area contributed by atoms with Gasteiger partial charge in [-0.25, -0.2) is 0 Å². The summed E-state index contributed by atoms with van der Waals surface area (Å²) in [4.78, 5) is 20.3. The van der Waals surface area contributed by atoms with Crippen molar-refractivity contribution in [3.05, 3.63) is 51.4 Å². The van der Waals surface area contributed by atoms with Gasteiger partial charge >= 0.3 is 0 Å². The summed E-state index contributed by atoms with van der Waals surface area (Å²) in [6, 6.07) is 8.45. The molecule has 0 N–H and O–H groups in total. The Labute approximate surface area is 140 Å². The zero-order valence-corrected chi connectivity index (χ0v) is 14.4. The lowest BCUT2D eigenvalue weighted by molar-refractivity contribution is -0.116. The zero-order chi connectivity index (χ0) is 16.0. The Kier molecular flexibility index (Phi) is 3.57. The van der Waals surface area contributed by atoms with E-state index in [1.807, 2.05) is 11.9 Å². The fraction of sp³-hybridized carbons (Fsp3) is 0.368. The third-order valence-electron chi connectivity index (χ3n) is 4.73. The average Bonchev–Trinajstić information content (AvgIpc) is 2.88. The van der Waals surface area contributed by atoms with E-state index in [9.17, 15) is 4.79 Å². The van der Waals surface area contributed by atoms with Gasteiger partial charge in [-0.05, 0) is 44.2 Å². The maximum Gasteiger partial charge on any atom is 0.249 e. The lowest BCUT2D eigenvalue weighted by atomic mass is 9.91. The number of aryl methyl sites for hydroxylation is 2. The lowest BCUT2D eigenvalue weighted by Crippen LogP contribution is -2.26. The number of fused-ring (bicyclic) bond motifs is 3. The summed E-state index contributed by atoms with van der Waals surface area (Å²) in [5.74, 6) is 0.0764. The van der Waals surface area contributed by atoms with E-state index in [0.29, 0.717) is 0 Å². The Bertz CT molecular complexity index is 819. The summed E-state index contributed by atoms with van der Waals surface area (Å²) in [5.41, 5.74) is 5.99. The van der Waals surface area contributed by atoms with Gasteiger partial charge in [0.25, 0.3) is 0 Å². The minimum atomic E-state index is 0.0764. The molecule has 0 radical (unpaired) electrons. The average molecular weight is 324 g/mol. The number of carbonyl (C=O) groups is 1. The molecule has 2 aliphatic rings. The molecule has 4 heteroatoms. The molecule has 0 atom stereocenters. The number of likely N-dealkylation sites (N-methyl/N-ethyl adjacent to an activating group) is 1. The zero-order valence-electron chi connectivity index (χ0n) is 13.6. The van der Waals surface area contributed by atoms with Gasteiger partial charge in [0, 0.05) is 23.1 Å². The Hall–Kier alpha value is -1.94. The molecule has 0 saturated heterocycles. The van der Waals surface area contributed by atoms with Crippen LogP contribution in [0.25, 0.3) is 0 Å². The van der Waals surface area contributed by atoms with Crippen LogP contribution < -0.4 is 4.90 Å². The van der Waals surface area contributed by atoms with E-state index in [-0.39, 0.29) is 12.5 Å². The van der Waals surface area contributed by atoms with E-state index in [0.717, 1.165) is 29.1 Å².